The zero-order valence-corrected chi connectivity index (χ0v) is 10.6. The minimum atomic E-state index is -0.414. The fraction of sp³-hybridized carbons (Fsp3) is 0.0625. The third-order valence-corrected chi connectivity index (χ3v) is 2.85. The van der Waals surface area contributed by atoms with Gasteiger partial charge in [0.1, 0.15) is 12.4 Å². The summed E-state index contributed by atoms with van der Waals surface area (Å²) in [4.78, 5) is 3.98. The van der Waals surface area contributed by atoms with Crippen LogP contribution in [0.3, 0.4) is 0 Å². The van der Waals surface area contributed by atoms with Crippen molar-refractivity contribution in [2.24, 2.45) is 0 Å². The van der Waals surface area contributed by atoms with Crippen LogP contribution in [0.1, 0.15) is 5.56 Å². The molecule has 0 aliphatic carbocycles. The molecule has 1 aromatic carbocycles. The summed E-state index contributed by atoms with van der Waals surface area (Å²) < 4.78 is 24.6. The number of hydrogen-bond donors (Lipinski definition) is 0. The minimum absolute atomic E-state index is 0.212. The summed E-state index contributed by atoms with van der Waals surface area (Å²) in [5.41, 5.74) is 1.57. The second kappa shape index (κ2) is 5.57. The van der Waals surface area contributed by atoms with Crippen molar-refractivity contribution in [1.82, 2.24) is 4.98 Å². The lowest BCUT2D eigenvalue weighted by atomic mass is 10.1. The van der Waals surface area contributed by atoms with Gasteiger partial charge < -0.3 is 9.15 Å². The predicted octanol–water partition coefficient (Wildman–Crippen LogP) is 4.06. The number of pyridine rings is 1. The number of hydrogen-bond acceptors (Lipinski definition) is 3. The van der Waals surface area contributed by atoms with Gasteiger partial charge in [0, 0.05) is 23.5 Å². The maximum Gasteiger partial charge on any atom is 0.165 e. The van der Waals surface area contributed by atoms with E-state index in [0.717, 1.165) is 5.56 Å². The van der Waals surface area contributed by atoms with Gasteiger partial charge in [-0.3, -0.25) is 4.98 Å². The van der Waals surface area contributed by atoms with E-state index in [1.807, 2.05) is 12.1 Å². The van der Waals surface area contributed by atoms with Gasteiger partial charge in [0.25, 0.3) is 0 Å². The van der Waals surface area contributed by atoms with Gasteiger partial charge in [0.2, 0.25) is 0 Å². The average Bonchev–Trinajstić information content (AvgIpc) is 3.01. The van der Waals surface area contributed by atoms with Crippen molar-refractivity contribution in [3.05, 3.63) is 72.5 Å². The van der Waals surface area contributed by atoms with Crippen LogP contribution in [0.4, 0.5) is 4.39 Å². The number of benzene rings is 1. The van der Waals surface area contributed by atoms with Gasteiger partial charge in [0.05, 0.1) is 6.26 Å². The Bertz CT molecular complexity index is 681. The van der Waals surface area contributed by atoms with E-state index in [1.165, 1.54) is 6.07 Å². The Labute approximate surface area is 115 Å². The highest BCUT2D eigenvalue weighted by atomic mass is 19.1. The first-order chi connectivity index (χ1) is 9.83. The fourth-order valence-corrected chi connectivity index (χ4v) is 1.86. The van der Waals surface area contributed by atoms with E-state index in [0.29, 0.717) is 11.3 Å². The Kier molecular flexibility index (Phi) is 3.46. The molecule has 100 valence electrons. The van der Waals surface area contributed by atoms with Crippen LogP contribution in [0.25, 0.3) is 11.3 Å². The van der Waals surface area contributed by atoms with Crippen molar-refractivity contribution >= 4 is 0 Å². The molecule has 0 spiro atoms. The number of rotatable bonds is 4. The molecule has 0 aliphatic rings. The molecule has 4 heteroatoms. The standard InChI is InChI=1S/C16H12FNO2/c17-14-9-13(15-4-2-8-19-15)5-6-16(14)20-11-12-3-1-7-18-10-12/h1-10H,11H2. The highest BCUT2D eigenvalue weighted by Crippen LogP contribution is 2.26. The molecule has 0 aliphatic heterocycles. The number of furan rings is 1. The predicted molar refractivity (Wildman–Crippen MR) is 72.7 cm³/mol. The molecular weight excluding hydrogens is 257 g/mol. The maximum absolute atomic E-state index is 14.0. The monoisotopic (exact) mass is 269 g/mol. The van der Waals surface area contributed by atoms with Gasteiger partial charge in [-0.2, -0.15) is 0 Å². The third kappa shape index (κ3) is 2.69. The van der Waals surface area contributed by atoms with Gasteiger partial charge in [-0.25, -0.2) is 4.39 Å². The van der Waals surface area contributed by atoms with Crippen molar-refractivity contribution in [2.75, 3.05) is 0 Å². The summed E-state index contributed by atoms with van der Waals surface area (Å²) >= 11 is 0. The molecule has 2 aromatic heterocycles. The van der Waals surface area contributed by atoms with E-state index in [2.05, 4.69) is 4.98 Å². The molecule has 0 saturated carbocycles. The minimum Gasteiger partial charge on any atom is -0.486 e. The summed E-state index contributed by atoms with van der Waals surface area (Å²) in [6.07, 6.45) is 4.93. The van der Waals surface area contributed by atoms with Crippen LogP contribution in [0.15, 0.2) is 65.5 Å². The van der Waals surface area contributed by atoms with E-state index >= 15 is 0 Å². The van der Waals surface area contributed by atoms with E-state index in [1.54, 1.807) is 42.9 Å². The van der Waals surface area contributed by atoms with E-state index in [-0.39, 0.29) is 12.4 Å². The summed E-state index contributed by atoms with van der Waals surface area (Å²) in [5.74, 6) is 0.426. The summed E-state index contributed by atoms with van der Waals surface area (Å²) in [7, 11) is 0. The molecule has 0 bridgehead atoms. The van der Waals surface area contributed by atoms with Crippen LogP contribution >= 0.6 is 0 Å². The number of halogens is 1. The molecule has 0 saturated heterocycles. The van der Waals surface area contributed by atoms with Crippen LogP contribution < -0.4 is 4.74 Å². The first kappa shape index (κ1) is 12.4. The number of aromatic nitrogens is 1. The van der Waals surface area contributed by atoms with Gasteiger partial charge in [0.15, 0.2) is 11.6 Å². The molecule has 3 rings (SSSR count). The van der Waals surface area contributed by atoms with Crippen LogP contribution in [-0.4, -0.2) is 4.98 Å². The highest BCUT2D eigenvalue weighted by Gasteiger charge is 2.08. The quantitative estimate of drug-likeness (QED) is 0.716. The Morgan fingerprint density at radius 2 is 2.10 bits per heavy atom. The summed E-state index contributed by atoms with van der Waals surface area (Å²) in [6, 6.07) is 12.0. The average molecular weight is 269 g/mol. The maximum atomic E-state index is 14.0. The second-order valence-corrected chi connectivity index (χ2v) is 4.27. The fourth-order valence-electron chi connectivity index (χ4n) is 1.86. The molecule has 2 heterocycles. The van der Waals surface area contributed by atoms with Crippen LogP contribution in [0.2, 0.25) is 0 Å². The highest BCUT2D eigenvalue weighted by molar-refractivity contribution is 5.58. The Morgan fingerprint density at radius 1 is 1.15 bits per heavy atom. The zero-order valence-electron chi connectivity index (χ0n) is 10.6. The Morgan fingerprint density at radius 3 is 2.80 bits per heavy atom. The molecule has 0 atom stereocenters. The SMILES string of the molecule is Fc1cc(-c2ccco2)ccc1OCc1cccnc1. The number of ether oxygens (including phenoxy) is 1. The van der Waals surface area contributed by atoms with Crippen molar-refractivity contribution in [3.63, 3.8) is 0 Å². The lowest BCUT2D eigenvalue weighted by Crippen LogP contribution is -1.97. The largest absolute Gasteiger partial charge is 0.486 e. The van der Waals surface area contributed by atoms with Crippen molar-refractivity contribution in [3.8, 4) is 17.1 Å². The molecule has 0 amide bonds. The van der Waals surface area contributed by atoms with E-state index < -0.39 is 5.82 Å². The smallest absolute Gasteiger partial charge is 0.165 e. The van der Waals surface area contributed by atoms with Crippen LogP contribution in [-0.2, 0) is 6.61 Å². The lowest BCUT2D eigenvalue weighted by molar-refractivity contribution is 0.290. The third-order valence-electron chi connectivity index (χ3n) is 2.85. The molecule has 0 unspecified atom stereocenters. The number of nitrogens with zero attached hydrogens (tertiary/aromatic N) is 1. The summed E-state index contributed by atoms with van der Waals surface area (Å²) in [6.45, 7) is 0.283. The molecular formula is C16H12FNO2. The molecule has 3 nitrogen and oxygen atoms in total. The van der Waals surface area contributed by atoms with Gasteiger partial charge >= 0.3 is 0 Å². The second-order valence-electron chi connectivity index (χ2n) is 4.27. The van der Waals surface area contributed by atoms with Crippen LogP contribution in [0.5, 0.6) is 5.75 Å². The first-order valence-electron chi connectivity index (χ1n) is 6.18. The van der Waals surface area contributed by atoms with E-state index in [4.69, 9.17) is 9.15 Å². The Balaban J connectivity index is 1.75. The lowest BCUT2D eigenvalue weighted by Gasteiger charge is -2.08. The first-order valence-corrected chi connectivity index (χ1v) is 6.18. The molecule has 0 N–H and O–H groups in total. The van der Waals surface area contributed by atoms with Gasteiger partial charge in [-0.1, -0.05) is 6.07 Å². The Hall–Kier alpha value is -2.62. The van der Waals surface area contributed by atoms with Gasteiger partial charge in [-0.15, -0.1) is 0 Å². The molecule has 0 radical (unpaired) electrons. The van der Waals surface area contributed by atoms with Crippen molar-refractivity contribution in [2.45, 2.75) is 6.61 Å². The van der Waals surface area contributed by atoms with Gasteiger partial charge in [-0.05, 0) is 36.4 Å². The van der Waals surface area contributed by atoms with Crippen LogP contribution in [0, 0.1) is 5.82 Å². The van der Waals surface area contributed by atoms with Crippen molar-refractivity contribution < 1.29 is 13.5 Å². The molecule has 3 aromatic rings. The zero-order chi connectivity index (χ0) is 13.8. The topological polar surface area (TPSA) is 35.3 Å². The summed E-state index contributed by atoms with van der Waals surface area (Å²) in [5, 5.41) is 0. The van der Waals surface area contributed by atoms with E-state index in [9.17, 15) is 4.39 Å². The molecule has 0 fully saturated rings. The molecule has 20 heavy (non-hydrogen) atoms. The normalized spacial score (nSPS) is 10.4. The van der Waals surface area contributed by atoms with Crippen molar-refractivity contribution in [1.29, 1.82) is 0 Å².